The molecule has 1 aromatic heterocycles. The molecule has 1 aliphatic heterocycles. The van der Waals surface area contributed by atoms with Gasteiger partial charge in [0.25, 0.3) is 5.91 Å². The molecule has 27 heavy (non-hydrogen) atoms. The lowest BCUT2D eigenvalue weighted by molar-refractivity contribution is 0.0761. The second-order valence-electron chi connectivity index (χ2n) is 6.65. The van der Waals surface area contributed by atoms with E-state index >= 15 is 0 Å². The van der Waals surface area contributed by atoms with Crippen LogP contribution in [0.4, 0.5) is 5.69 Å². The number of hydrogen-bond acceptors (Lipinski definition) is 3. The minimum Gasteiger partial charge on any atom is -0.370 e. The molecule has 0 atom stereocenters. The summed E-state index contributed by atoms with van der Waals surface area (Å²) < 4.78 is 0.830. The number of nitrogens with one attached hydrogen (secondary N) is 1. The topological polar surface area (TPSA) is 63.1 Å². The molecular weight excluding hydrogens is 404 g/mol. The number of rotatable bonds is 2. The van der Waals surface area contributed by atoms with Crippen molar-refractivity contribution in [2.45, 2.75) is 6.42 Å². The molecule has 0 radical (unpaired) electrons. The minimum absolute atomic E-state index is 0.0275. The van der Waals surface area contributed by atoms with Crippen LogP contribution in [0.3, 0.4) is 0 Å². The van der Waals surface area contributed by atoms with Gasteiger partial charge in [0.15, 0.2) is 0 Å². The predicted molar refractivity (Wildman–Crippen MR) is 110 cm³/mol. The molecule has 0 spiro atoms. The van der Waals surface area contributed by atoms with Crippen LogP contribution in [0, 0.1) is 11.3 Å². The van der Waals surface area contributed by atoms with Crippen molar-refractivity contribution < 1.29 is 4.79 Å². The Bertz CT molecular complexity index is 1020. The van der Waals surface area contributed by atoms with Gasteiger partial charge in [-0.05, 0) is 52.7 Å². The van der Waals surface area contributed by atoms with Crippen LogP contribution < -0.4 is 4.90 Å². The number of H-pyrrole nitrogens is 1. The molecular formula is C21H19BrN4O. The number of aromatic nitrogens is 1. The van der Waals surface area contributed by atoms with Crippen LogP contribution in [-0.4, -0.2) is 42.0 Å². The maximum Gasteiger partial charge on any atom is 0.271 e. The Morgan fingerprint density at radius 3 is 2.56 bits per heavy atom. The standard InChI is InChI=1S/C21H19BrN4O/c22-19-17-4-1-2-5-18(17)24-20(19)21(27)26-11-3-10-25(12-13-26)16-8-6-15(14-23)7-9-16/h1-2,4-9,24H,3,10-13H2. The monoisotopic (exact) mass is 422 g/mol. The lowest BCUT2D eigenvalue weighted by Gasteiger charge is -2.23. The number of nitriles is 1. The zero-order valence-corrected chi connectivity index (χ0v) is 16.4. The lowest BCUT2D eigenvalue weighted by atomic mass is 10.2. The molecule has 4 rings (SSSR count). The molecule has 3 aromatic rings. The summed E-state index contributed by atoms with van der Waals surface area (Å²) in [7, 11) is 0. The van der Waals surface area contributed by atoms with Crippen LogP contribution in [0.1, 0.15) is 22.5 Å². The number of anilines is 1. The van der Waals surface area contributed by atoms with Crippen LogP contribution in [0.15, 0.2) is 53.0 Å². The molecule has 1 fully saturated rings. The van der Waals surface area contributed by atoms with Crippen LogP contribution in [0.5, 0.6) is 0 Å². The Morgan fingerprint density at radius 2 is 1.81 bits per heavy atom. The highest BCUT2D eigenvalue weighted by Crippen LogP contribution is 2.29. The molecule has 2 aromatic carbocycles. The number of carbonyl (C=O) groups is 1. The molecule has 5 nitrogen and oxygen atoms in total. The van der Waals surface area contributed by atoms with E-state index in [9.17, 15) is 4.79 Å². The van der Waals surface area contributed by atoms with Gasteiger partial charge in [0.2, 0.25) is 0 Å². The molecule has 0 bridgehead atoms. The number of halogens is 1. The number of amides is 1. The van der Waals surface area contributed by atoms with E-state index in [4.69, 9.17) is 5.26 Å². The second kappa shape index (κ2) is 7.45. The third kappa shape index (κ3) is 3.43. The van der Waals surface area contributed by atoms with Gasteiger partial charge in [-0.25, -0.2) is 0 Å². The Hall–Kier alpha value is -2.78. The van der Waals surface area contributed by atoms with Crippen molar-refractivity contribution in [3.05, 3.63) is 64.3 Å². The molecule has 1 aliphatic rings. The van der Waals surface area contributed by atoms with Crippen molar-refractivity contribution in [3.63, 3.8) is 0 Å². The summed E-state index contributed by atoms with van der Waals surface area (Å²) in [5.74, 6) is 0.0275. The van der Waals surface area contributed by atoms with Gasteiger partial charge in [-0.2, -0.15) is 5.26 Å². The van der Waals surface area contributed by atoms with E-state index < -0.39 is 0 Å². The van der Waals surface area contributed by atoms with Gasteiger partial charge in [0.05, 0.1) is 16.1 Å². The highest BCUT2D eigenvalue weighted by molar-refractivity contribution is 9.10. The highest BCUT2D eigenvalue weighted by atomic mass is 79.9. The van der Waals surface area contributed by atoms with E-state index in [1.807, 2.05) is 53.4 Å². The van der Waals surface area contributed by atoms with Crippen LogP contribution in [-0.2, 0) is 0 Å². The van der Waals surface area contributed by atoms with Gasteiger partial charge < -0.3 is 14.8 Å². The molecule has 1 saturated heterocycles. The predicted octanol–water partition coefficient (Wildman–Crippen LogP) is 4.15. The largest absolute Gasteiger partial charge is 0.370 e. The second-order valence-corrected chi connectivity index (χ2v) is 7.44. The zero-order valence-electron chi connectivity index (χ0n) is 14.8. The van der Waals surface area contributed by atoms with Crippen LogP contribution in [0.25, 0.3) is 10.9 Å². The quantitative estimate of drug-likeness (QED) is 0.674. The summed E-state index contributed by atoms with van der Waals surface area (Å²) in [6, 6.07) is 17.7. The number of hydrogen-bond donors (Lipinski definition) is 1. The van der Waals surface area contributed by atoms with Gasteiger partial charge in [-0.1, -0.05) is 18.2 Å². The van der Waals surface area contributed by atoms with Crippen molar-refractivity contribution in [2.75, 3.05) is 31.1 Å². The third-order valence-corrected chi connectivity index (χ3v) is 5.82. The number of para-hydroxylation sites is 1. The summed E-state index contributed by atoms with van der Waals surface area (Å²) in [5, 5.41) is 9.97. The molecule has 2 heterocycles. The summed E-state index contributed by atoms with van der Waals surface area (Å²) in [6.07, 6.45) is 0.906. The number of aromatic amines is 1. The first-order valence-electron chi connectivity index (χ1n) is 8.98. The van der Waals surface area contributed by atoms with E-state index in [0.29, 0.717) is 17.8 Å². The highest BCUT2D eigenvalue weighted by Gasteiger charge is 2.24. The first kappa shape index (κ1) is 17.6. The van der Waals surface area contributed by atoms with Gasteiger partial charge in [0, 0.05) is 42.8 Å². The smallest absolute Gasteiger partial charge is 0.271 e. The number of nitrogens with zero attached hydrogens (tertiary/aromatic N) is 3. The summed E-state index contributed by atoms with van der Waals surface area (Å²) >= 11 is 3.59. The minimum atomic E-state index is 0.0275. The first-order valence-corrected chi connectivity index (χ1v) is 9.77. The van der Waals surface area contributed by atoms with Gasteiger partial charge >= 0.3 is 0 Å². The summed E-state index contributed by atoms with van der Waals surface area (Å²) in [6.45, 7) is 3.06. The molecule has 6 heteroatoms. The van der Waals surface area contributed by atoms with Gasteiger partial charge in [0.1, 0.15) is 5.69 Å². The van der Waals surface area contributed by atoms with Gasteiger partial charge in [-0.3, -0.25) is 4.79 Å². The number of carbonyl (C=O) groups excluding carboxylic acids is 1. The molecule has 0 saturated carbocycles. The van der Waals surface area contributed by atoms with E-state index in [-0.39, 0.29) is 5.91 Å². The van der Waals surface area contributed by atoms with Crippen LogP contribution >= 0.6 is 15.9 Å². The normalized spacial score (nSPS) is 14.8. The van der Waals surface area contributed by atoms with E-state index in [1.165, 1.54) is 0 Å². The zero-order chi connectivity index (χ0) is 18.8. The fourth-order valence-corrected chi connectivity index (χ4v) is 4.15. The Morgan fingerprint density at radius 1 is 1.04 bits per heavy atom. The van der Waals surface area contributed by atoms with Crippen molar-refractivity contribution >= 4 is 38.4 Å². The summed E-state index contributed by atoms with van der Waals surface area (Å²) in [5.41, 5.74) is 3.33. The van der Waals surface area contributed by atoms with E-state index in [1.54, 1.807) is 0 Å². The fraction of sp³-hybridized carbons (Fsp3) is 0.238. The lowest BCUT2D eigenvalue weighted by Crippen LogP contribution is -2.35. The average Bonchev–Trinajstić information content (AvgIpc) is 2.89. The maximum absolute atomic E-state index is 13.1. The number of benzene rings is 2. The fourth-order valence-electron chi connectivity index (χ4n) is 3.54. The van der Waals surface area contributed by atoms with Crippen molar-refractivity contribution in [1.29, 1.82) is 5.26 Å². The molecule has 0 unspecified atom stereocenters. The molecule has 0 aliphatic carbocycles. The number of fused-ring (bicyclic) bond motifs is 1. The Labute approximate surface area is 166 Å². The van der Waals surface area contributed by atoms with Crippen LogP contribution in [0.2, 0.25) is 0 Å². The molecule has 1 N–H and O–H groups in total. The molecule has 136 valence electrons. The molecule has 1 amide bonds. The van der Waals surface area contributed by atoms with E-state index in [0.717, 1.165) is 47.1 Å². The summed E-state index contributed by atoms with van der Waals surface area (Å²) in [4.78, 5) is 20.5. The van der Waals surface area contributed by atoms with Crippen molar-refractivity contribution in [2.24, 2.45) is 0 Å². The van der Waals surface area contributed by atoms with E-state index in [2.05, 4.69) is 31.9 Å². The maximum atomic E-state index is 13.1. The van der Waals surface area contributed by atoms with Crippen molar-refractivity contribution in [1.82, 2.24) is 9.88 Å². The Balaban J connectivity index is 1.51. The first-order chi connectivity index (χ1) is 13.2. The Kier molecular flexibility index (Phi) is 4.87. The SMILES string of the molecule is N#Cc1ccc(N2CCCN(C(=O)c3[nH]c4ccccc4c3Br)CC2)cc1. The van der Waals surface area contributed by atoms with Crippen molar-refractivity contribution in [3.8, 4) is 6.07 Å². The van der Waals surface area contributed by atoms with Gasteiger partial charge in [-0.15, -0.1) is 0 Å². The third-order valence-electron chi connectivity index (χ3n) is 5.00. The average molecular weight is 423 g/mol.